The van der Waals surface area contributed by atoms with Gasteiger partial charge < -0.3 is 5.21 Å². The molecule has 2 heterocycles. The highest BCUT2D eigenvalue weighted by Gasteiger charge is 2.86. The molecule has 4 saturated carbocycles. The van der Waals surface area contributed by atoms with Crippen molar-refractivity contribution in [2.24, 2.45) is 21.7 Å². The van der Waals surface area contributed by atoms with Crippen LogP contribution in [-0.4, -0.2) is 36.1 Å². The van der Waals surface area contributed by atoms with Gasteiger partial charge in [0, 0.05) is 31.0 Å². The molecule has 4 fully saturated rings. The van der Waals surface area contributed by atoms with Crippen LogP contribution in [0.25, 0.3) is 0 Å². The second-order valence-corrected chi connectivity index (χ2v) is 12.4. The Balaban J connectivity index is 1.46. The van der Waals surface area contributed by atoms with Crippen molar-refractivity contribution in [1.82, 2.24) is 14.5 Å². The molecule has 34 heavy (non-hydrogen) atoms. The summed E-state index contributed by atoms with van der Waals surface area (Å²) in [5.41, 5.74) is -1.18. The van der Waals surface area contributed by atoms with Crippen LogP contribution in [0, 0.1) is 21.5 Å². The zero-order valence-electron chi connectivity index (χ0n) is 18.4. The van der Waals surface area contributed by atoms with Crippen LogP contribution in [0.5, 0.6) is 0 Å². The number of nitrogens with one attached hydrogen (secondary N) is 1. The normalized spacial score (nSPS) is 24.4. The standard InChI is InChI=1S/C22H24F3N5O3S/c1-34(26,33)15-10-13(4-9-30(15)32)27-19(31)18-16(22(23,24)25)17(12-2-3-12)28-29(18)11-14-20(5-6-20)21(14)7-8-21/h4,9-10,12,14,26,32H,2-3,5-8,11H2,1H3. The van der Waals surface area contributed by atoms with Gasteiger partial charge in [0.1, 0.15) is 11.3 Å². The number of halogens is 3. The fourth-order valence-corrected chi connectivity index (χ4v) is 6.83. The molecule has 182 valence electrons. The molecule has 1 amide bonds. The van der Waals surface area contributed by atoms with Crippen molar-refractivity contribution >= 4 is 15.6 Å². The Morgan fingerprint density at radius 3 is 2.41 bits per heavy atom. The molecule has 1 unspecified atom stereocenters. The monoisotopic (exact) mass is 495 g/mol. The zero-order valence-corrected chi connectivity index (χ0v) is 19.2. The molecule has 0 bridgehead atoms. The summed E-state index contributed by atoms with van der Waals surface area (Å²) in [5.74, 6) is -1.15. The maximum atomic E-state index is 14.2. The van der Waals surface area contributed by atoms with Crippen LogP contribution in [0.15, 0.2) is 28.3 Å². The highest BCUT2D eigenvalue weighted by Crippen LogP contribution is 2.92. The number of pyridine rings is 1. The Bertz CT molecular complexity index is 1390. The van der Waals surface area contributed by atoms with E-state index in [2.05, 4.69) is 10.1 Å². The van der Waals surface area contributed by atoms with Crippen LogP contribution in [0.4, 0.5) is 13.2 Å². The number of carbonyl (C=O) groups excluding carboxylic acids is 1. The van der Waals surface area contributed by atoms with E-state index in [9.17, 15) is 27.4 Å². The van der Waals surface area contributed by atoms with E-state index in [0.29, 0.717) is 17.6 Å². The third-order valence-electron chi connectivity index (χ3n) is 8.12. The molecule has 8 nitrogen and oxygen atoms in total. The molecule has 4 aliphatic carbocycles. The first-order valence-electron chi connectivity index (χ1n) is 11.3. The number of amides is 1. The Morgan fingerprint density at radius 2 is 1.91 bits per heavy atom. The van der Waals surface area contributed by atoms with Crippen molar-refractivity contribution in [2.75, 3.05) is 6.26 Å². The smallest absolute Gasteiger partial charge is 0.420 e. The van der Waals surface area contributed by atoms with Gasteiger partial charge in [-0.3, -0.25) is 9.48 Å². The van der Waals surface area contributed by atoms with E-state index >= 15 is 0 Å². The number of aromatic nitrogens is 3. The summed E-state index contributed by atoms with van der Waals surface area (Å²) in [6, 6.07) is 2.28. The highest BCUT2D eigenvalue weighted by molar-refractivity contribution is 7.91. The summed E-state index contributed by atoms with van der Waals surface area (Å²) in [6.07, 6.45) is 2.94. The van der Waals surface area contributed by atoms with E-state index in [4.69, 9.17) is 4.78 Å². The molecule has 2 N–H and O–H groups in total. The predicted octanol–water partition coefficient (Wildman–Crippen LogP) is 3.78. The zero-order chi connectivity index (χ0) is 24.3. The third-order valence-corrected chi connectivity index (χ3v) is 9.22. The van der Waals surface area contributed by atoms with Gasteiger partial charge in [0.2, 0.25) is 0 Å². The lowest BCUT2D eigenvalue weighted by Gasteiger charge is -2.10. The molecule has 0 saturated heterocycles. The van der Waals surface area contributed by atoms with E-state index in [0.717, 1.165) is 44.2 Å². The van der Waals surface area contributed by atoms with Crippen molar-refractivity contribution in [3.8, 4) is 0 Å². The molecular formula is C22H24F3N5O3S. The van der Waals surface area contributed by atoms with Gasteiger partial charge in [0.05, 0.1) is 20.8 Å². The average Bonchev–Trinajstić information content (AvgIpc) is 3.56. The van der Waals surface area contributed by atoms with E-state index in [1.807, 2.05) is 0 Å². The summed E-state index contributed by atoms with van der Waals surface area (Å²) in [5, 5.41) is 13.8. The van der Waals surface area contributed by atoms with Gasteiger partial charge in [-0.05, 0) is 61.3 Å². The Kier molecular flexibility index (Phi) is 4.20. The molecular weight excluding hydrogens is 471 g/mol. The maximum absolute atomic E-state index is 14.2. The third kappa shape index (κ3) is 3.17. The number of rotatable bonds is 5. The van der Waals surface area contributed by atoms with Gasteiger partial charge in [0.15, 0.2) is 5.03 Å². The fraction of sp³-hybridized carbons (Fsp3) is 0.591. The molecule has 12 heteroatoms. The first-order valence-corrected chi connectivity index (χ1v) is 13.3. The molecule has 0 aliphatic heterocycles. The molecule has 0 aromatic carbocycles. The van der Waals surface area contributed by atoms with Gasteiger partial charge >= 0.3 is 6.18 Å². The number of hydrogen-bond acceptors (Lipinski definition) is 5. The van der Waals surface area contributed by atoms with Crippen molar-refractivity contribution in [3.05, 3.63) is 40.6 Å². The second kappa shape index (κ2) is 6.52. The molecule has 2 aromatic rings. The Hall–Kier alpha value is -2.63. The lowest BCUT2D eigenvalue weighted by Crippen LogP contribution is -2.20. The summed E-state index contributed by atoms with van der Waals surface area (Å²) in [6.45, 7) is 0.276. The van der Waals surface area contributed by atoms with Gasteiger partial charge in [-0.2, -0.15) is 23.0 Å². The van der Waals surface area contributed by atoms with Crippen molar-refractivity contribution in [3.63, 3.8) is 0 Å². The summed E-state index contributed by atoms with van der Waals surface area (Å²) < 4.78 is 64.2. The Morgan fingerprint density at radius 1 is 1.29 bits per heavy atom. The van der Waals surface area contributed by atoms with Crippen LogP contribution in [0.3, 0.4) is 0 Å². The van der Waals surface area contributed by atoms with Crippen LogP contribution >= 0.6 is 0 Å². The first kappa shape index (κ1) is 21.9. The van der Waals surface area contributed by atoms with E-state index in [-0.39, 0.29) is 45.3 Å². The first-order chi connectivity index (χ1) is 15.9. The fourth-order valence-electron chi connectivity index (χ4n) is 6.07. The number of hydrogen-bond donors (Lipinski definition) is 2. The maximum Gasteiger partial charge on any atom is 0.420 e. The quantitative estimate of drug-likeness (QED) is 0.615. The minimum atomic E-state index is -4.76. The number of carbonyl (C=O) groups is 1. The average molecular weight is 496 g/mol. The van der Waals surface area contributed by atoms with Crippen LogP contribution in [-0.2, 0) is 22.5 Å². The number of nitrogens with zero attached hydrogens (tertiary/aromatic N) is 4. The van der Waals surface area contributed by atoms with Crippen molar-refractivity contribution in [1.29, 1.82) is 4.78 Å². The molecule has 6 rings (SSSR count). The molecule has 0 radical (unpaired) electrons. The van der Waals surface area contributed by atoms with Crippen molar-refractivity contribution in [2.45, 2.75) is 62.2 Å². The SMILES string of the molecule is CS(=N)(=O)c1cc(=NC(=O)c2c(C(F)(F)F)c(C3CC3)nn2CC2C3(CC3)C23CC3)ccn1O. The van der Waals surface area contributed by atoms with E-state index in [1.165, 1.54) is 10.7 Å². The van der Waals surface area contributed by atoms with Gasteiger partial charge in [-0.15, -0.1) is 0 Å². The van der Waals surface area contributed by atoms with Crippen LogP contribution in [0.1, 0.15) is 66.2 Å². The van der Waals surface area contributed by atoms with E-state index in [1.54, 1.807) is 0 Å². The minimum absolute atomic E-state index is 0.0777. The topological polar surface area (TPSA) is 113 Å². The van der Waals surface area contributed by atoms with Gasteiger partial charge in [-0.1, -0.05) is 0 Å². The molecule has 4 aliphatic rings. The van der Waals surface area contributed by atoms with Gasteiger partial charge in [-0.25, -0.2) is 14.0 Å². The highest BCUT2D eigenvalue weighted by atomic mass is 32.2. The van der Waals surface area contributed by atoms with Crippen LogP contribution < -0.4 is 5.36 Å². The minimum Gasteiger partial charge on any atom is -0.428 e. The lowest BCUT2D eigenvalue weighted by atomic mass is 10.1. The molecule has 1 atom stereocenters. The summed E-state index contributed by atoms with van der Waals surface area (Å²) in [7, 11) is -3.37. The Labute approximate surface area is 193 Å². The van der Waals surface area contributed by atoms with Crippen LogP contribution in [0.2, 0.25) is 0 Å². The molecule has 2 aromatic heterocycles. The largest absolute Gasteiger partial charge is 0.428 e. The van der Waals surface area contributed by atoms with E-state index < -0.39 is 33.1 Å². The molecule has 2 spiro atoms. The summed E-state index contributed by atoms with van der Waals surface area (Å²) in [4.78, 5) is 17.1. The number of fused-ring (bicyclic) bond motifs is 1. The summed E-state index contributed by atoms with van der Waals surface area (Å²) >= 11 is 0. The predicted molar refractivity (Wildman–Crippen MR) is 113 cm³/mol. The van der Waals surface area contributed by atoms with Crippen molar-refractivity contribution < 1.29 is 27.4 Å². The second-order valence-electron chi connectivity index (χ2n) is 10.3. The lowest BCUT2D eigenvalue weighted by molar-refractivity contribution is -0.138. The van der Waals surface area contributed by atoms with Gasteiger partial charge in [0.25, 0.3) is 5.91 Å². The number of alkyl halides is 3.